The molecule has 0 aliphatic rings. The molecule has 15 heavy (non-hydrogen) atoms. The Labute approximate surface area is 87.2 Å². The fourth-order valence-corrected chi connectivity index (χ4v) is 1.48. The van der Waals surface area contributed by atoms with Gasteiger partial charge in [-0.25, -0.2) is 10.0 Å². The normalized spacial score (nSPS) is 11.5. The molecule has 0 aliphatic carbocycles. The van der Waals surface area contributed by atoms with Crippen molar-refractivity contribution in [2.45, 2.75) is 6.18 Å². The summed E-state index contributed by atoms with van der Waals surface area (Å²) in [7, 11) is 2.39. The van der Waals surface area contributed by atoms with Gasteiger partial charge in [0.1, 0.15) is 4.88 Å². The molecular weight excluding hydrogens is 233 g/mol. The summed E-state index contributed by atoms with van der Waals surface area (Å²) in [5.41, 5.74) is 0.330. The average molecular weight is 240 g/mol. The summed E-state index contributed by atoms with van der Waals surface area (Å²) in [5.74, 6) is -0.925. The second-order valence-electron chi connectivity index (χ2n) is 2.51. The van der Waals surface area contributed by atoms with Crippen LogP contribution in [-0.2, 0) is 11.0 Å². The molecule has 0 atom stereocenters. The van der Waals surface area contributed by atoms with Crippen LogP contribution in [0.2, 0.25) is 0 Å². The Morgan fingerprint density at radius 3 is 2.67 bits per heavy atom. The highest BCUT2D eigenvalue weighted by Crippen LogP contribution is 2.35. The van der Waals surface area contributed by atoms with Crippen LogP contribution in [0, 0.1) is 0 Å². The van der Waals surface area contributed by atoms with Crippen LogP contribution in [-0.4, -0.2) is 30.1 Å². The molecule has 0 saturated heterocycles. The standard InChI is InChI=1S/C7H7F3N2O2S/c1-12(14-2)6(13)4-5(7(8,9)10)15-3-11-4/h3H,1-2H3. The van der Waals surface area contributed by atoms with Gasteiger partial charge in [-0.2, -0.15) is 13.2 Å². The fraction of sp³-hybridized carbons (Fsp3) is 0.429. The van der Waals surface area contributed by atoms with Crippen molar-refractivity contribution in [1.29, 1.82) is 0 Å². The van der Waals surface area contributed by atoms with Crippen molar-refractivity contribution in [3.05, 3.63) is 16.1 Å². The number of alkyl halides is 3. The van der Waals surface area contributed by atoms with Crippen molar-refractivity contribution in [2.75, 3.05) is 14.2 Å². The van der Waals surface area contributed by atoms with Gasteiger partial charge in [-0.15, -0.1) is 11.3 Å². The van der Waals surface area contributed by atoms with Crippen LogP contribution in [0.5, 0.6) is 0 Å². The van der Waals surface area contributed by atoms with Crippen molar-refractivity contribution >= 4 is 17.2 Å². The van der Waals surface area contributed by atoms with E-state index in [0.29, 0.717) is 16.4 Å². The molecule has 8 heteroatoms. The Morgan fingerprint density at radius 1 is 1.60 bits per heavy atom. The smallest absolute Gasteiger partial charge is 0.274 e. The zero-order valence-corrected chi connectivity index (χ0v) is 8.65. The minimum atomic E-state index is -4.57. The minimum absolute atomic E-state index is 0.374. The van der Waals surface area contributed by atoms with Gasteiger partial charge >= 0.3 is 6.18 Å². The van der Waals surface area contributed by atoms with E-state index in [1.54, 1.807) is 0 Å². The highest BCUT2D eigenvalue weighted by atomic mass is 32.1. The van der Waals surface area contributed by atoms with E-state index in [1.165, 1.54) is 14.2 Å². The van der Waals surface area contributed by atoms with Gasteiger partial charge in [0, 0.05) is 7.05 Å². The highest BCUT2D eigenvalue weighted by Gasteiger charge is 2.38. The molecular formula is C7H7F3N2O2S. The molecule has 0 unspecified atom stereocenters. The number of rotatable bonds is 2. The predicted octanol–water partition coefficient (Wildman–Crippen LogP) is 1.80. The molecule has 0 radical (unpaired) electrons. The van der Waals surface area contributed by atoms with E-state index in [1.807, 2.05) is 0 Å². The summed E-state index contributed by atoms with van der Waals surface area (Å²) in [6, 6.07) is 0. The van der Waals surface area contributed by atoms with Crippen molar-refractivity contribution in [2.24, 2.45) is 0 Å². The molecule has 0 saturated carbocycles. The molecule has 1 rings (SSSR count). The first-order valence-electron chi connectivity index (χ1n) is 3.70. The van der Waals surface area contributed by atoms with Gasteiger partial charge in [-0.1, -0.05) is 0 Å². The fourth-order valence-electron chi connectivity index (χ4n) is 0.832. The molecule has 1 aromatic heterocycles. The quantitative estimate of drug-likeness (QED) is 0.740. The summed E-state index contributed by atoms with van der Waals surface area (Å²) in [4.78, 5) is 18.2. The SMILES string of the molecule is CON(C)C(=O)c1ncsc1C(F)(F)F. The molecule has 0 bridgehead atoms. The van der Waals surface area contributed by atoms with E-state index < -0.39 is 22.7 Å². The number of halogens is 3. The van der Waals surface area contributed by atoms with Crippen LogP contribution < -0.4 is 0 Å². The third-order valence-electron chi connectivity index (χ3n) is 1.59. The van der Waals surface area contributed by atoms with Crippen molar-refractivity contribution in [3.8, 4) is 0 Å². The Kier molecular flexibility index (Phi) is 3.30. The van der Waals surface area contributed by atoms with E-state index in [0.717, 1.165) is 5.51 Å². The maximum absolute atomic E-state index is 12.4. The first-order chi connectivity index (χ1) is 6.88. The lowest BCUT2D eigenvalue weighted by molar-refractivity contribution is -0.135. The number of nitrogens with zero attached hydrogens (tertiary/aromatic N) is 2. The van der Waals surface area contributed by atoms with E-state index in [4.69, 9.17) is 0 Å². The number of hydroxylamine groups is 2. The Hall–Kier alpha value is -1.15. The van der Waals surface area contributed by atoms with Crippen molar-refractivity contribution in [1.82, 2.24) is 10.0 Å². The topological polar surface area (TPSA) is 42.4 Å². The number of hydrogen-bond donors (Lipinski definition) is 0. The Bertz CT molecular complexity index is 363. The van der Waals surface area contributed by atoms with E-state index >= 15 is 0 Å². The summed E-state index contributed by atoms with van der Waals surface area (Å²) >= 11 is 0.374. The monoisotopic (exact) mass is 240 g/mol. The number of amides is 1. The number of carbonyl (C=O) groups excluding carboxylic acids is 1. The Morgan fingerprint density at radius 2 is 2.20 bits per heavy atom. The zero-order valence-electron chi connectivity index (χ0n) is 7.83. The van der Waals surface area contributed by atoms with E-state index in [2.05, 4.69) is 9.82 Å². The highest BCUT2D eigenvalue weighted by molar-refractivity contribution is 7.10. The first-order valence-corrected chi connectivity index (χ1v) is 4.58. The van der Waals surface area contributed by atoms with Crippen molar-refractivity contribution < 1.29 is 22.8 Å². The molecule has 1 aromatic rings. The summed E-state index contributed by atoms with van der Waals surface area (Å²) in [6.45, 7) is 0. The summed E-state index contributed by atoms with van der Waals surface area (Å²) in [5, 5.41) is 0.685. The molecule has 1 amide bonds. The molecule has 84 valence electrons. The molecule has 1 heterocycles. The second-order valence-corrected chi connectivity index (χ2v) is 3.37. The lowest BCUT2D eigenvalue weighted by Crippen LogP contribution is -2.27. The lowest BCUT2D eigenvalue weighted by Gasteiger charge is -2.13. The van der Waals surface area contributed by atoms with Crippen LogP contribution in [0.3, 0.4) is 0 Å². The van der Waals surface area contributed by atoms with Crippen LogP contribution in [0.25, 0.3) is 0 Å². The van der Waals surface area contributed by atoms with E-state index in [9.17, 15) is 18.0 Å². The maximum Gasteiger partial charge on any atom is 0.427 e. The van der Waals surface area contributed by atoms with Crippen LogP contribution in [0.1, 0.15) is 15.4 Å². The van der Waals surface area contributed by atoms with Crippen LogP contribution in [0.4, 0.5) is 13.2 Å². The predicted molar refractivity (Wildman–Crippen MR) is 46.2 cm³/mol. The molecule has 0 fully saturated rings. The minimum Gasteiger partial charge on any atom is -0.274 e. The number of carbonyl (C=O) groups is 1. The second kappa shape index (κ2) is 4.15. The number of aromatic nitrogens is 1. The van der Waals surface area contributed by atoms with Crippen LogP contribution >= 0.6 is 11.3 Å². The Balaban J connectivity index is 3.06. The van der Waals surface area contributed by atoms with Gasteiger partial charge in [-0.05, 0) is 0 Å². The summed E-state index contributed by atoms with van der Waals surface area (Å²) < 4.78 is 37.1. The van der Waals surface area contributed by atoms with Gasteiger partial charge in [-0.3, -0.25) is 9.63 Å². The zero-order chi connectivity index (χ0) is 11.6. The molecule has 0 spiro atoms. The van der Waals surface area contributed by atoms with Gasteiger partial charge in [0.25, 0.3) is 5.91 Å². The van der Waals surface area contributed by atoms with Gasteiger partial charge in [0.05, 0.1) is 12.6 Å². The number of thiazole rings is 1. The molecule has 4 nitrogen and oxygen atoms in total. The van der Waals surface area contributed by atoms with Gasteiger partial charge in [0.15, 0.2) is 5.69 Å². The van der Waals surface area contributed by atoms with Gasteiger partial charge in [0.2, 0.25) is 0 Å². The number of hydrogen-bond acceptors (Lipinski definition) is 4. The largest absolute Gasteiger partial charge is 0.427 e. The molecule has 0 aliphatic heterocycles. The van der Waals surface area contributed by atoms with Crippen molar-refractivity contribution in [3.63, 3.8) is 0 Å². The lowest BCUT2D eigenvalue weighted by atomic mass is 10.3. The molecule has 0 aromatic carbocycles. The third-order valence-corrected chi connectivity index (χ3v) is 2.46. The first kappa shape index (κ1) is 11.9. The summed E-state index contributed by atoms with van der Waals surface area (Å²) in [6.07, 6.45) is -4.57. The van der Waals surface area contributed by atoms with E-state index in [-0.39, 0.29) is 0 Å². The third kappa shape index (κ3) is 2.45. The maximum atomic E-state index is 12.4. The molecule has 0 N–H and O–H groups in total. The van der Waals surface area contributed by atoms with Crippen LogP contribution in [0.15, 0.2) is 5.51 Å². The average Bonchev–Trinajstić information content (AvgIpc) is 2.63. The van der Waals surface area contributed by atoms with Gasteiger partial charge < -0.3 is 0 Å².